The SMILES string of the molecule is CCN(Cc1cccc(NC(=O)c2ccccc2-c2ccccc2C#N)c1)C(=O)C(F)(F)F. The number of hydrogen-bond donors (Lipinski definition) is 1. The molecule has 0 bridgehead atoms. The number of hydrogen-bond acceptors (Lipinski definition) is 3. The van der Waals surface area contributed by atoms with Crippen LogP contribution in [0.3, 0.4) is 0 Å². The van der Waals surface area contributed by atoms with Gasteiger partial charge < -0.3 is 10.2 Å². The Labute approximate surface area is 189 Å². The van der Waals surface area contributed by atoms with Gasteiger partial charge >= 0.3 is 12.1 Å². The summed E-state index contributed by atoms with van der Waals surface area (Å²) in [5, 5.41) is 12.2. The van der Waals surface area contributed by atoms with Gasteiger partial charge in [0.15, 0.2) is 0 Å². The van der Waals surface area contributed by atoms with Crippen molar-refractivity contribution in [2.45, 2.75) is 19.6 Å². The van der Waals surface area contributed by atoms with Crippen LogP contribution in [0.5, 0.6) is 0 Å². The summed E-state index contributed by atoms with van der Waals surface area (Å²) in [6.45, 7) is 1.11. The first kappa shape index (κ1) is 23.5. The van der Waals surface area contributed by atoms with Gasteiger partial charge in [-0.15, -0.1) is 0 Å². The molecule has 8 heteroatoms. The molecule has 1 N–H and O–H groups in total. The molecule has 3 rings (SSSR count). The lowest BCUT2D eigenvalue weighted by Crippen LogP contribution is -2.40. The summed E-state index contributed by atoms with van der Waals surface area (Å²) in [5.41, 5.74) is 2.77. The number of benzene rings is 3. The zero-order valence-corrected chi connectivity index (χ0v) is 17.7. The van der Waals surface area contributed by atoms with Crippen molar-refractivity contribution in [2.24, 2.45) is 0 Å². The molecular formula is C25H20F3N3O2. The van der Waals surface area contributed by atoms with Crippen molar-refractivity contribution in [1.29, 1.82) is 5.26 Å². The summed E-state index contributed by atoms with van der Waals surface area (Å²) in [6, 6.07) is 22.2. The van der Waals surface area contributed by atoms with Crippen molar-refractivity contribution in [2.75, 3.05) is 11.9 Å². The number of halogens is 3. The number of rotatable bonds is 6. The van der Waals surface area contributed by atoms with Crippen molar-refractivity contribution >= 4 is 17.5 Å². The fraction of sp³-hybridized carbons (Fsp3) is 0.160. The molecule has 2 amide bonds. The minimum Gasteiger partial charge on any atom is -0.331 e. The van der Waals surface area contributed by atoms with E-state index < -0.39 is 18.0 Å². The van der Waals surface area contributed by atoms with E-state index in [1.54, 1.807) is 66.7 Å². The van der Waals surface area contributed by atoms with Crippen LogP contribution in [0.15, 0.2) is 72.8 Å². The topological polar surface area (TPSA) is 73.2 Å². The molecular weight excluding hydrogens is 431 g/mol. The molecule has 3 aromatic rings. The fourth-order valence-electron chi connectivity index (χ4n) is 3.40. The summed E-state index contributed by atoms with van der Waals surface area (Å²) >= 11 is 0. The van der Waals surface area contributed by atoms with Crippen LogP contribution in [0.25, 0.3) is 11.1 Å². The molecule has 0 spiro atoms. The quantitative estimate of drug-likeness (QED) is 0.546. The van der Waals surface area contributed by atoms with Gasteiger partial charge in [0.25, 0.3) is 5.91 Å². The molecule has 0 aromatic heterocycles. The largest absolute Gasteiger partial charge is 0.471 e. The lowest BCUT2D eigenvalue weighted by Gasteiger charge is -2.22. The van der Waals surface area contributed by atoms with Crippen LogP contribution in [0, 0.1) is 11.3 Å². The summed E-state index contributed by atoms with van der Waals surface area (Å²) < 4.78 is 38.4. The van der Waals surface area contributed by atoms with Crippen LogP contribution in [-0.2, 0) is 11.3 Å². The number of carbonyl (C=O) groups is 2. The fourth-order valence-corrected chi connectivity index (χ4v) is 3.40. The van der Waals surface area contributed by atoms with E-state index >= 15 is 0 Å². The van der Waals surface area contributed by atoms with Gasteiger partial charge in [-0.1, -0.05) is 48.5 Å². The highest BCUT2D eigenvalue weighted by Crippen LogP contribution is 2.28. The molecule has 0 heterocycles. The van der Waals surface area contributed by atoms with E-state index in [4.69, 9.17) is 0 Å². The highest BCUT2D eigenvalue weighted by molar-refractivity contribution is 6.09. The Kier molecular flexibility index (Phi) is 7.13. The molecule has 0 aliphatic rings. The van der Waals surface area contributed by atoms with Gasteiger partial charge in [-0.25, -0.2) is 0 Å². The molecule has 33 heavy (non-hydrogen) atoms. The number of nitriles is 1. The van der Waals surface area contributed by atoms with Crippen LogP contribution in [0.2, 0.25) is 0 Å². The normalized spacial score (nSPS) is 10.9. The van der Waals surface area contributed by atoms with Gasteiger partial charge in [-0.2, -0.15) is 18.4 Å². The van der Waals surface area contributed by atoms with Crippen LogP contribution in [0.4, 0.5) is 18.9 Å². The summed E-state index contributed by atoms with van der Waals surface area (Å²) in [5.74, 6) is -2.35. The van der Waals surface area contributed by atoms with E-state index in [2.05, 4.69) is 11.4 Å². The maximum Gasteiger partial charge on any atom is 0.471 e. The predicted octanol–water partition coefficient (Wildman–Crippen LogP) is 5.39. The van der Waals surface area contributed by atoms with E-state index in [9.17, 15) is 28.0 Å². The molecule has 0 saturated heterocycles. The van der Waals surface area contributed by atoms with E-state index in [-0.39, 0.29) is 13.1 Å². The second kappa shape index (κ2) is 10.0. The second-order valence-corrected chi connectivity index (χ2v) is 7.17. The molecule has 0 saturated carbocycles. The number of carbonyl (C=O) groups excluding carboxylic acids is 2. The van der Waals surface area contributed by atoms with Crippen molar-refractivity contribution in [3.05, 3.63) is 89.5 Å². The molecule has 0 atom stereocenters. The number of alkyl halides is 3. The van der Waals surface area contributed by atoms with Gasteiger partial charge in [0.2, 0.25) is 0 Å². The second-order valence-electron chi connectivity index (χ2n) is 7.17. The highest BCUT2D eigenvalue weighted by Gasteiger charge is 2.41. The van der Waals surface area contributed by atoms with E-state index in [1.165, 1.54) is 13.0 Å². The Morgan fingerprint density at radius 1 is 0.970 bits per heavy atom. The van der Waals surface area contributed by atoms with Crippen molar-refractivity contribution in [3.63, 3.8) is 0 Å². The van der Waals surface area contributed by atoms with E-state index in [0.717, 1.165) is 0 Å². The third kappa shape index (κ3) is 5.57. The summed E-state index contributed by atoms with van der Waals surface area (Å²) in [6.07, 6.45) is -4.95. The van der Waals surface area contributed by atoms with Crippen molar-refractivity contribution < 1.29 is 22.8 Å². The van der Waals surface area contributed by atoms with Gasteiger partial charge in [0, 0.05) is 29.9 Å². The third-order valence-electron chi connectivity index (χ3n) is 4.98. The lowest BCUT2D eigenvalue weighted by molar-refractivity contribution is -0.185. The number of nitrogens with one attached hydrogen (secondary N) is 1. The number of amides is 2. The van der Waals surface area contributed by atoms with Crippen LogP contribution in [-0.4, -0.2) is 29.4 Å². The van der Waals surface area contributed by atoms with Crippen LogP contribution in [0.1, 0.15) is 28.4 Å². The maximum absolute atomic E-state index is 13.0. The Bertz CT molecular complexity index is 1220. The van der Waals surface area contributed by atoms with E-state index in [0.29, 0.717) is 38.4 Å². The molecule has 168 valence electrons. The van der Waals surface area contributed by atoms with Gasteiger partial charge in [-0.3, -0.25) is 9.59 Å². The van der Waals surface area contributed by atoms with Gasteiger partial charge in [0.1, 0.15) is 0 Å². The number of anilines is 1. The molecule has 0 fully saturated rings. The third-order valence-corrected chi connectivity index (χ3v) is 4.98. The highest BCUT2D eigenvalue weighted by atomic mass is 19.4. The smallest absolute Gasteiger partial charge is 0.331 e. The molecule has 3 aromatic carbocycles. The predicted molar refractivity (Wildman–Crippen MR) is 118 cm³/mol. The minimum atomic E-state index is -4.95. The monoisotopic (exact) mass is 451 g/mol. The van der Waals surface area contributed by atoms with Crippen molar-refractivity contribution in [3.8, 4) is 17.2 Å². The van der Waals surface area contributed by atoms with Gasteiger partial charge in [-0.05, 0) is 42.3 Å². The molecule has 0 aliphatic carbocycles. The zero-order valence-electron chi connectivity index (χ0n) is 17.7. The number of nitrogens with zero attached hydrogens (tertiary/aromatic N) is 2. The van der Waals surface area contributed by atoms with Crippen LogP contribution >= 0.6 is 0 Å². The first-order valence-corrected chi connectivity index (χ1v) is 10.1. The Hall–Kier alpha value is -4.12. The Morgan fingerprint density at radius 2 is 1.64 bits per heavy atom. The lowest BCUT2D eigenvalue weighted by atomic mass is 9.95. The molecule has 0 radical (unpaired) electrons. The standard InChI is InChI=1S/C25H20F3N3O2/c1-2-31(24(33)25(26,27)28)16-17-8-7-10-19(14-17)30-23(32)22-13-6-5-12-21(22)20-11-4-3-9-18(20)15-29/h3-14H,2,16H2,1H3,(H,30,32). The zero-order chi connectivity index (χ0) is 24.0. The average Bonchev–Trinajstić information content (AvgIpc) is 2.81. The molecule has 5 nitrogen and oxygen atoms in total. The summed E-state index contributed by atoms with van der Waals surface area (Å²) in [4.78, 5) is 25.3. The molecule has 0 unspecified atom stereocenters. The van der Waals surface area contributed by atoms with Crippen LogP contribution < -0.4 is 5.32 Å². The Morgan fingerprint density at radius 3 is 2.30 bits per heavy atom. The molecule has 0 aliphatic heterocycles. The Balaban J connectivity index is 1.84. The van der Waals surface area contributed by atoms with Gasteiger partial charge in [0.05, 0.1) is 11.6 Å². The first-order chi connectivity index (χ1) is 15.7. The maximum atomic E-state index is 13.0. The average molecular weight is 451 g/mol. The first-order valence-electron chi connectivity index (χ1n) is 10.1. The summed E-state index contributed by atoms with van der Waals surface area (Å²) in [7, 11) is 0. The van der Waals surface area contributed by atoms with E-state index in [1.807, 2.05) is 0 Å². The van der Waals surface area contributed by atoms with Crippen molar-refractivity contribution in [1.82, 2.24) is 4.90 Å². The minimum absolute atomic E-state index is 0.111.